The van der Waals surface area contributed by atoms with Crippen LogP contribution in [0.5, 0.6) is 0 Å². The normalized spacial score (nSPS) is 11.7. The second-order valence-electron chi connectivity index (χ2n) is 5.74. The molecule has 0 fully saturated rings. The van der Waals surface area contributed by atoms with Gasteiger partial charge in [-0.2, -0.15) is 0 Å². The van der Waals surface area contributed by atoms with Crippen molar-refractivity contribution in [3.8, 4) is 0 Å². The van der Waals surface area contributed by atoms with Gasteiger partial charge in [-0.3, -0.25) is 4.98 Å². The Labute approximate surface area is 138 Å². The van der Waals surface area contributed by atoms with E-state index < -0.39 is 11.6 Å². The minimum absolute atomic E-state index is 0.346. The van der Waals surface area contributed by atoms with Gasteiger partial charge in [0.15, 0.2) is 0 Å². The third-order valence-electron chi connectivity index (χ3n) is 3.35. The van der Waals surface area contributed by atoms with Gasteiger partial charge in [0.25, 0.3) is 0 Å². The van der Waals surface area contributed by atoms with E-state index in [9.17, 15) is 8.78 Å². The van der Waals surface area contributed by atoms with Gasteiger partial charge < -0.3 is 5.32 Å². The van der Waals surface area contributed by atoms with E-state index in [0.717, 1.165) is 11.6 Å². The molecule has 2 rings (SSSR count). The Bertz CT molecular complexity index is 635. The summed E-state index contributed by atoms with van der Waals surface area (Å²) in [7, 11) is 0. The molecule has 1 aromatic carbocycles. The molecule has 0 unspecified atom stereocenters. The summed E-state index contributed by atoms with van der Waals surface area (Å²) in [4.78, 5) is 3.94. The Morgan fingerprint density at radius 3 is 2.14 bits per heavy atom. The minimum Gasteiger partial charge on any atom is -0.312 e. The maximum absolute atomic E-state index is 13.2. The van der Waals surface area contributed by atoms with Crippen molar-refractivity contribution in [1.29, 1.82) is 0 Å². The first-order chi connectivity index (χ1) is 10.3. The van der Waals surface area contributed by atoms with Crippen LogP contribution in [0.3, 0.4) is 0 Å². The Morgan fingerprint density at radius 1 is 1.05 bits per heavy atom. The van der Waals surface area contributed by atoms with Crippen molar-refractivity contribution >= 4 is 23.2 Å². The van der Waals surface area contributed by atoms with Crippen molar-refractivity contribution in [2.75, 3.05) is 6.54 Å². The zero-order valence-electron chi connectivity index (χ0n) is 12.3. The summed E-state index contributed by atoms with van der Waals surface area (Å²) in [6.07, 6.45) is 3.10. The lowest BCUT2D eigenvalue weighted by Gasteiger charge is -2.27. The van der Waals surface area contributed by atoms with Crippen molar-refractivity contribution in [2.24, 2.45) is 0 Å². The summed E-state index contributed by atoms with van der Waals surface area (Å²) in [5, 5.41) is 4.17. The molecule has 0 radical (unpaired) electrons. The van der Waals surface area contributed by atoms with Crippen LogP contribution < -0.4 is 5.32 Å². The van der Waals surface area contributed by atoms with Gasteiger partial charge in [-0.25, -0.2) is 8.78 Å². The highest BCUT2D eigenvalue weighted by Gasteiger charge is 2.26. The molecule has 22 heavy (non-hydrogen) atoms. The van der Waals surface area contributed by atoms with Gasteiger partial charge in [-0.05, 0) is 23.3 Å². The van der Waals surface area contributed by atoms with Crippen LogP contribution in [0.15, 0.2) is 30.6 Å². The fourth-order valence-corrected chi connectivity index (χ4v) is 3.25. The molecule has 0 aliphatic heterocycles. The molecule has 0 saturated carbocycles. The van der Waals surface area contributed by atoms with E-state index in [4.69, 9.17) is 23.2 Å². The van der Waals surface area contributed by atoms with Crippen LogP contribution in [0.4, 0.5) is 8.78 Å². The second kappa shape index (κ2) is 6.90. The molecule has 1 aromatic heterocycles. The zero-order valence-corrected chi connectivity index (χ0v) is 13.8. The van der Waals surface area contributed by atoms with Crippen molar-refractivity contribution in [3.63, 3.8) is 0 Å². The predicted molar refractivity (Wildman–Crippen MR) is 85.3 cm³/mol. The first kappa shape index (κ1) is 17.1. The molecule has 1 N–H and O–H groups in total. The molecule has 0 bridgehead atoms. The van der Waals surface area contributed by atoms with E-state index >= 15 is 0 Å². The number of pyridine rings is 1. The maximum atomic E-state index is 13.2. The Balaban J connectivity index is 2.07. The third kappa shape index (κ3) is 4.15. The van der Waals surface area contributed by atoms with E-state index in [0.29, 0.717) is 28.7 Å². The summed E-state index contributed by atoms with van der Waals surface area (Å²) in [6, 6.07) is 3.45. The summed E-state index contributed by atoms with van der Waals surface area (Å²) < 4.78 is 26.3. The van der Waals surface area contributed by atoms with Gasteiger partial charge in [0.2, 0.25) is 0 Å². The van der Waals surface area contributed by atoms with Gasteiger partial charge in [0, 0.05) is 37.0 Å². The van der Waals surface area contributed by atoms with Crippen LogP contribution in [0, 0.1) is 11.6 Å². The van der Waals surface area contributed by atoms with Crippen molar-refractivity contribution < 1.29 is 8.78 Å². The number of hydrogen-bond donors (Lipinski definition) is 1. The van der Waals surface area contributed by atoms with Crippen LogP contribution >= 0.6 is 23.2 Å². The molecular weight excluding hydrogens is 329 g/mol. The first-order valence-corrected chi connectivity index (χ1v) is 7.50. The molecule has 118 valence electrons. The fourth-order valence-electron chi connectivity index (χ4n) is 2.38. The molecular formula is C16H16Cl2F2N2. The van der Waals surface area contributed by atoms with Crippen LogP contribution in [0.1, 0.15) is 25.0 Å². The van der Waals surface area contributed by atoms with Crippen LogP contribution in [-0.2, 0) is 12.0 Å². The lowest BCUT2D eigenvalue weighted by atomic mass is 9.85. The lowest BCUT2D eigenvalue weighted by Crippen LogP contribution is -2.33. The third-order valence-corrected chi connectivity index (χ3v) is 3.92. The molecule has 0 aliphatic carbocycles. The molecule has 0 atom stereocenters. The number of benzene rings is 1. The van der Waals surface area contributed by atoms with E-state index in [-0.39, 0.29) is 5.41 Å². The highest BCUT2D eigenvalue weighted by molar-refractivity contribution is 6.36. The standard InChI is InChI=1S/C16H16Cl2F2N2/c1-16(2,15-13(17)7-21-8-14(15)18)9-22-6-10-3-11(19)5-12(20)4-10/h3-5,7-8,22H,6,9H2,1-2H3. The summed E-state index contributed by atoms with van der Waals surface area (Å²) >= 11 is 12.4. The minimum atomic E-state index is -0.587. The van der Waals surface area contributed by atoms with E-state index in [1.54, 1.807) is 12.4 Å². The second-order valence-corrected chi connectivity index (χ2v) is 6.56. The summed E-state index contributed by atoms with van der Waals surface area (Å²) in [5.74, 6) is -1.17. The molecule has 0 amide bonds. The number of nitrogens with one attached hydrogen (secondary N) is 1. The summed E-state index contributed by atoms with van der Waals surface area (Å²) in [5.41, 5.74) is 0.979. The Hall–Kier alpha value is -1.23. The fraction of sp³-hybridized carbons (Fsp3) is 0.312. The quantitative estimate of drug-likeness (QED) is 0.847. The topological polar surface area (TPSA) is 24.9 Å². The van der Waals surface area contributed by atoms with Crippen molar-refractivity contribution in [1.82, 2.24) is 10.3 Å². The average molecular weight is 345 g/mol. The smallest absolute Gasteiger partial charge is 0.126 e. The monoisotopic (exact) mass is 344 g/mol. The molecule has 0 aliphatic rings. The largest absolute Gasteiger partial charge is 0.312 e. The van der Waals surface area contributed by atoms with Crippen LogP contribution in [0.2, 0.25) is 10.0 Å². The molecule has 1 heterocycles. The van der Waals surface area contributed by atoms with Gasteiger partial charge in [-0.1, -0.05) is 37.0 Å². The van der Waals surface area contributed by atoms with E-state index in [1.165, 1.54) is 12.1 Å². The number of halogens is 4. The Kier molecular flexibility index (Phi) is 5.37. The average Bonchev–Trinajstić information content (AvgIpc) is 2.36. The van der Waals surface area contributed by atoms with Gasteiger partial charge >= 0.3 is 0 Å². The van der Waals surface area contributed by atoms with Crippen LogP contribution in [0.25, 0.3) is 0 Å². The van der Waals surface area contributed by atoms with E-state index in [1.807, 2.05) is 13.8 Å². The number of hydrogen-bond acceptors (Lipinski definition) is 2. The highest BCUT2D eigenvalue weighted by atomic mass is 35.5. The zero-order chi connectivity index (χ0) is 16.3. The molecule has 2 nitrogen and oxygen atoms in total. The van der Waals surface area contributed by atoms with Gasteiger partial charge in [-0.15, -0.1) is 0 Å². The van der Waals surface area contributed by atoms with Crippen LogP contribution in [-0.4, -0.2) is 11.5 Å². The maximum Gasteiger partial charge on any atom is 0.126 e. The molecule has 0 saturated heterocycles. The summed E-state index contributed by atoms with van der Waals surface area (Å²) in [6.45, 7) is 4.85. The number of rotatable bonds is 5. The van der Waals surface area contributed by atoms with Crippen molar-refractivity contribution in [3.05, 3.63) is 63.4 Å². The predicted octanol–water partition coefficient (Wildman–Crippen LogP) is 4.73. The van der Waals surface area contributed by atoms with E-state index in [2.05, 4.69) is 10.3 Å². The SMILES string of the molecule is CC(C)(CNCc1cc(F)cc(F)c1)c1c(Cl)cncc1Cl. The number of aromatic nitrogens is 1. The highest BCUT2D eigenvalue weighted by Crippen LogP contribution is 2.34. The first-order valence-electron chi connectivity index (χ1n) is 6.75. The van der Waals surface area contributed by atoms with Gasteiger partial charge in [0.1, 0.15) is 11.6 Å². The number of nitrogens with zero attached hydrogens (tertiary/aromatic N) is 1. The van der Waals surface area contributed by atoms with Gasteiger partial charge in [0.05, 0.1) is 10.0 Å². The lowest BCUT2D eigenvalue weighted by molar-refractivity contribution is 0.467. The molecule has 2 aromatic rings. The molecule has 0 spiro atoms. The Morgan fingerprint density at radius 2 is 1.59 bits per heavy atom. The molecule has 6 heteroatoms. The van der Waals surface area contributed by atoms with Crippen molar-refractivity contribution in [2.45, 2.75) is 25.8 Å².